The highest BCUT2D eigenvalue weighted by Gasteiger charge is 2.00. The first-order valence-corrected chi connectivity index (χ1v) is 10.2. The van der Waals surface area contributed by atoms with Crippen molar-refractivity contribution in [2.24, 2.45) is 0 Å². The molecule has 0 amide bonds. The third kappa shape index (κ3) is 15.8. The SMILES string of the molecule is C/C=C/C(=O)OCCSSCCOC(=O)/C=C/N(C)CCN(C)C. The van der Waals surface area contributed by atoms with Crippen LogP contribution in [0.3, 0.4) is 0 Å². The van der Waals surface area contributed by atoms with Crippen LogP contribution in [0.4, 0.5) is 0 Å². The summed E-state index contributed by atoms with van der Waals surface area (Å²) < 4.78 is 10.1. The fraction of sp³-hybridized carbons (Fsp3) is 0.625. The van der Waals surface area contributed by atoms with Crippen molar-refractivity contribution in [1.29, 1.82) is 0 Å². The van der Waals surface area contributed by atoms with Crippen LogP contribution in [0, 0.1) is 0 Å². The number of carbonyl (C=O) groups is 2. The van der Waals surface area contributed by atoms with Gasteiger partial charge in [0.25, 0.3) is 0 Å². The Kier molecular flexibility index (Phi) is 14.7. The van der Waals surface area contributed by atoms with E-state index in [1.807, 2.05) is 26.0 Å². The van der Waals surface area contributed by atoms with Crippen LogP contribution in [0.25, 0.3) is 0 Å². The van der Waals surface area contributed by atoms with Gasteiger partial charge in [0.05, 0.1) is 0 Å². The average molecular weight is 377 g/mol. The molecule has 0 spiro atoms. The summed E-state index contributed by atoms with van der Waals surface area (Å²) >= 11 is 0. The standard InChI is InChI=1S/C16H28N2O4S2/c1-5-6-15(19)21-11-13-23-24-14-12-22-16(20)7-8-18(4)10-9-17(2)3/h5-8H,9-14H2,1-4H3/b6-5+,8-7+. The van der Waals surface area contributed by atoms with Gasteiger partial charge in [0.1, 0.15) is 13.2 Å². The van der Waals surface area contributed by atoms with Gasteiger partial charge in [0.2, 0.25) is 0 Å². The van der Waals surface area contributed by atoms with E-state index in [0.717, 1.165) is 13.1 Å². The van der Waals surface area contributed by atoms with Crippen LogP contribution in [-0.2, 0) is 19.1 Å². The molecule has 0 fully saturated rings. The molecule has 0 aliphatic carbocycles. The van der Waals surface area contributed by atoms with Crippen LogP contribution in [0.5, 0.6) is 0 Å². The molecule has 0 aromatic rings. The number of hydrogen-bond acceptors (Lipinski definition) is 8. The molecule has 6 nitrogen and oxygen atoms in total. The van der Waals surface area contributed by atoms with Crippen molar-refractivity contribution in [3.8, 4) is 0 Å². The van der Waals surface area contributed by atoms with Crippen molar-refractivity contribution in [3.05, 3.63) is 24.4 Å². The Balaban J connectivity index is 3.53. The van der Waals surface area contributed by atoms with Crippen LogP contribution in [0.15, 0.2) is 24.4 Å². The van der Waals surface area contributed by atoms with Crippen LogP contribution >= 0.6 is 21.6 Å². The third-order valence-corrected chi connectivity index (χ3v) is 4.91. The zero-order chi connectivity index (χ0) is 18.2. The topological polar surface area (TPSA) is 59.1 Å². The number of allylic oxidation sites excluding steroid dienone is 1. The summed E-state index contributed by atoms with van der Waals surface area (Å²) in [5.41, 5.74) is 0. The van der Waals surface area contributed by atoms with Gasteiger partial charge in [0, 0.05) is 50.0 Å². The first kappa shape index (κ1) is 22.9. The van der Waals surface area contributed by atoms with Crippen molar-refractivity contribution in [2.75, 3.05) is 59.0 Å². The highest BCUT2D eigenvalue weighted by molar-refractivity contribution is 8.76. The fourth-order valence-electron chi connectivity index (χ4n) is 1.32. The molecule has 0 heterocycles. The van der Waals surface area contributed by atoms with Gasteiger partial charge in [-0.05, 0) is 21.0 Å². The Morgan fingerprint density at radius 2 is 1.46 bits per heavy atom. The van der Waals surface area contributed by atoms with Gasteiger partial charge in [-0.15, -0.1) is 0 Å². The van der Waals surface area contributed by atoms with Crippen molar-refractivity contribution in [2.45, 2.75) is 6.92 Å². The van der Waals surface area contributed by atoms with Gasteiger partial charge in [-0.1, -0.05) is 27.7 Å². The zero-order valence-electron chi connectivity index (χ0n) is 14.9. The minimum Gasteiger partial charge on any atom is -0.462 e. The molecule has 0 saturated heterocycles. The van der Waals surface area contributed by atoms with Gasteiger partial charge >= 0.3 is 11.9 Å². The summed E-state index contributed by atoms with van der Waals surface area (Å²) in [4.78, 5) is 26.6. The van der Waals surface area contributed by atoms with Crippen LogP contribution in [0.2, 0.25) is 0 Å². The lowest BCUT2D eigenvalue weighted by Crippen LogP contribution is -2.25. The molecule has 0 aliphatic heterocycles. The number of esters is 2. The van der Waals surface area contributed by atoms with Crippen molar-refractivity contribution < 1.29 is 19.1 Å². The zero-order valence-corrected chi connectivity index (χ0v) is 16.5. The Morgan fingerprint density at radius 1 is 0.917 bits per heavy atom. The molecule has 0 radical (unpaired) electrons. The number of nitrogens with zero attached hydrogens (tertiary/aromatic N) is 2. The van der Waals surface area contributed by atoms with Crippen molar-refractivity contribution in [1.82, 2.24) is 9.80 Å². The summed E-state index contributed by atoms with van der Waals surface area (Å²) in [5, 5.41) is 0. The van der Waals surface area contributed by atoms with Gasteiger partial charge < -0.3 is 19.3 Å². The van der Waals surface area contributed by atoms with E-state index in [2.05, 4.69) is 4.90 Å². The molecular weight excluding hydrogens is 348 g/mol. The molecule has 8 heteroatoms. The lowest BCUT2D eigenvalue weighted by atomic mass is 10.5. The molecule has 0 N–H and O–H groups in total. The van der Waals surface area contributed by atoms with E-state index < -0.39 is 0 Å². The summed E-state index contributed by atoms with van der Waals surface area (Å²) in [7, 11) is 9.11. The summed E-state index contributed by atoms with van der Waals surface area (Å²) in [5.74, 6) is 0.749. The number of rotatable bonds is 13. The van der Waals surface area contributed by atoms with Crippen LogP contribution in [0.1, 0.15) is 6.92 Å². The summed E-state index contributed by atoms with van der Waals surface area (Å²) in [6.45, 7) is 4.28. The molecule has 138 valence electrons. The molecule has 0 unspecified atom stereocenters. The van der Waals surface area contributed by atoms with Crippen molar-refractivity contribution >= 4 is 33.5 Å². The normalized spacial score (nSPS) is 11.4. The number of likely N-dealkylation sites (N-methyl/N-ethyl adjacent to an activating group) is 2. The second-order valence-corrected chi connectivity index (χ2v) is 7.78. The van der Waals surface area contributed by atoms with Gasteiger partial charge in [-0.25, -0.2) is 9.59 Å². The predicted octanol–water partition coefficient (Wildman–Crippen LogP) is 2.04. The van der Waals surface area contributed by atoms with E-state index in [1.54, 1.807) is 40.8 Å². The first-order chi connectivity index (χ1) is 11.5. The molecule has 0 saturated carbocycles. The van der Waals surface area contributed by atoms with E-state index in [1.165, 1.54) is 12.2 Å². The monoisotopic (exact) mass is 376 g/mol. The molecule has 0 atom stereocenters. The maximum Gasteiger partial charge on any atom is 0.332 e. The van der Waals surface area contributed by atoms with Gasteiger partial charge in [-0.3, -0.25) is 0 Å². The molecule has 0 aliphatic rings. The maximum absolute atomic E-state index is 11.5. The Morgan fingerprint density at radius 3 is 1.96 bits per heavy atom. The largest absolute Gasteiger partial charge is 0.462 e. The van der Waals surface area contributed by atoms with E-state index >= 15 is 0 Å². The predicted molar refractivity (Wildman–Crippen MR) is 102 cm³/mol. The molecule has 0 rings (SSSR count). The van der Waals surface area contributed by atoms with Crippen LogP contribution in [-0.4, -0.2) is 80.7 Å². The van der Waals surface area contributed by atoms with Crippen LogP contribution < -0.4 is 0 Å². The highest BCUT2D eigenvalue weighted by Crippen LogP contribution is 2.20. The van der Waals surface area contributed by atoms with Gasteiger partial charge in [-0.2, -0.15) is 0 Å². The molecular formula is C16H28N2O4S2. The fourth-order valence-corrected chi connectivity index (χ4v) is 2.98. The number of hydrogen-bond donors (Lipinski definition) is 0. The lowest BCUT2D eigenvalue weighted by Gasteiger charge is -2.16. The Bertz CT molecular complexity index is 415. The first-order valence-electron chi connectivity index (χ1n) is 7.69. The Hall–Kier alpha value is -1.12. The van der Waals surface area contributed by atoms with Gasteiger partial charge in [0.15, 0.2) is 0 Å². The molecule has 24 heavy (non-hydrogen) atoms. The van der Waals surface area contributed by atoms with E-state index in [4.69, 9.17) is 9.47 Å². The van der Waals surface area contributed by atoms with E-state index in [0.29, 0.717) is 24.7 Å². The number of ether oxygens (including phenoxy) is 2. The second kappa shape index (κ2) is 15.4. The smallest absolute Gasteiger partial charge is 0.332 e. The third-order valence-electron chi connectivity index (χ3n) is 2.57. The average Bonchev–Trinajstić information content (AvgIpc) is 2.53. The molecule has 0 aromatic heterocycles. The van der Waals surface area contributed by atoms with Crippen molar-refractivity contribution in [3.63, 3.8) is 0 Å². The minimum atomic E-state index is -0.336. The highest BCUT2D eigenvalue weighted by atomic mass is 33.1. The molecule has 0 bridgehead atoms. The summed E-state index contributed by atoms with van der Waals surface area (Å²) in [6.07, 6.45) is 6.21. The number of carbonyl (C=O) groups excluding carboxylic acids is 2. The second-order valence-electron chi connectivity index (χ2n) is 5.08. The van der Waals surface area contributed by atoms with E-state index in [-0.39, 0.29) is 11.9 Å². The minimum absolute atomic E-state index is 0.320. The molecule has 0 aromatic carbocycles. The lowest BCUT2D eigenvalue weighted by molar-refractivity contribution is -0.138. The summed E-state index contributed by atoms with van der Waals surface area (Å²) in [6, 6.07) is 0. The Labute approximate surface area is 153 Å². The quantitative estimate of drug-likeness (QED) is 0.209. The van der Waals surface area contributed by atoms with E-state index in [9.17, 15) is 9.59 Å². The maximum atomic E-state index is 11.5.